The first-order valence-corrected chi connectivity index (χ1v) is 8.11. The number of carbonyl (C=O) groups is 2. The Morgan fingerprint density at radius 3 is 2.33 bits per heavy atom. The number of esters is 1. The summed E-state index contributed by atoms with van der Waals surface area (Å²) >= 11 is 11.7. The molecule has 2 rings (SSSR count). The fourth-order valence-electron chi connectivity index (χ4n) is 1.97. The lowest BCUT2D eigenvalue weighted by Crippen LogP contribution is -2.28. The highest BCUT2D eigenvalue weighted by Gasteiger charge is 2.09. The Morgan fingerprint density at radius 1 is 1.00 bits per heavy atom. The molecule has 0 bridgehead atoms. The molecule has 2 aromatic carbocycles. The highest BCUT2D eigenvalue weighted by molar-refractivity contribution is 6.42. The summed E-state index contributed by atoms with van der Waals surface area (Å²) in [6, 6.07) is 12.7. The molecule has 0 radical (unpaired) electrons. The Hall–Kier alpha value is -2.04. The second kappa shape index (κ2) is 8.71. The number of nitrogens with one attached hydrogen (secondary N) is 1. The summed E-state index contributed by atoms with van der Waals surface area (Å²) < 4.78 is 4.96. The molecule has 0 aliphatic carbocycles. The van der Waals surface area contributed by atoms with Crippen molar-refractivity contribution in [1.29, 1.82) is 0 Å². The molecular formula is C18H17Cl2NO3. The number of hydrogen-bond donors (Lipinski definition) is 1. The van der Waals surface area contributed by atoms with E-state index in [1.165, 1.54) is 0 Å². The number of benzene rings is 2. The van der Waals surface area contributed by atoms with Gasteiger partial charge in [0, 0.05) is 6.54 Å². The van der Waals surface area contributed by atoms with Crippen molar-refractivity contribution in [2.75, 3.05) is 6.61 Å². The van der Waals surface area contributed by atoms with Gasteiger partial charge >= 0.3 is 5.97 Å². The van der Waals surface area contributed by atoms with E-state index in [2.05, 4.69) is 5.32 Å². The molecule has 0 spiro atoms. The summed E-state index contributed by atoms with van der Waals surface area (Å²) in [4.78, 5) is 23.5. The van der Waals surface area contributed by atoms with Crippen LogP contribution in [0.4, 0.5) is 0 Å². The Labute approximate surface area is 150 Å². The van der Waals surface area contributed by atoms with Crippen LogP contribution in [0.5, 0.6) is 0 Å². The van der Waals surface area contributed by atoms with Crippen LogP contribution in [0.2, 0.25) is 10.0 Å². The fourth-order valence-corrected chi connectivity index (χ4v) is 2.29. The van der Waals surface area contributed by atoms with Gasteiger partial charge in [-0.05, 0) is 30.2 Å². The lowest BCUT2D eigenvalue weighted by molar-refractivity contribution is -0.147. The number of amides is 1. The maximum atomic E-state index is 11.7. The number of ether oxygens (including phenoxy) is 1. The van der Waals surface area contributed by atoms with E-state index in [0.717, 1.165) is 11.1 Å². The highest BCUT2D eigenvalue weighted by Crippen LogP contribution is 2.22. The molecular weight excluding hydrogens is 349 g/mol. The molecule has 0 saturated carbocycles. The molecule has 0 aromatic heterocycles. The zero-order chi connectivity index (χ0) is 17.5. The number of aryl methyl sites for hydroxylation is 1. The van der Waals surface area contributed by atoms with Crippen molar-refractivity contribution >= 4 is 35.1 Å². The molecule has 0 saturated heterocycles. The van der Waals surface area contributed by atoms with Crippen LogP contribution in [-0.2, 0) is 27.3 Å². The first-order chi connectivity index (χ1) is 11.4. The quantitative estimate of drug-likeness (QED) is 0.793. The molecule has 1 N–H and O–H groups in total. The van der Waals surface area contributed by atoms with Gasteiger partial charge in [0.25, 0.3) is 5.91 Å². The molecule has 0 aliphatic rings. The summed E-state index contributed by atoms with van der Waals surface area (Å²) in [5.74, 6) is -0.850. The number of rotatable bonds is 6. The second-order valence-corrected chi connectivity index (χ2v) is 6.16. The molecule has 0 atom stereocenters. The van der Waals surface area contributed by atoms with Crippen molar-refractivity contribution < 1.29 is 14.3 Å². The maximum Gasteiger partial charge on any atom is 0.310 e. The normalized spacial score (nSPS) is 10.3. The van der Waals surface area contributed by atoms with Gasteiger partial charge in [-0.15, -0.1) is 0 Å². The summed E-state index contributed by atoms with van der Waals surface area (Å²) in [5, 5.41) is 3.49. The van der Waals surface area contributed by atoms with E-state index in [4.69, 9.17) is 27.9 Å². The van der Waals surface area contributed by atoms with Crippen molar-refractivity contribution in [3.05, 3.63) is 69.2 Å². The number of halogens is 2. The Morgan fingerprint density at radius 2 is 1.67 bits per heavy atom. The standard InChI is InChI=1S/C18H17Cl2NO3/c1-12-2-4-13(5-3-12)10-21-17(22)11-24-18(23)9-14-6-7-15(19)16(20)8-14/h2-8H,9-11H2,1H3,(H,21,22). The Kier molecular flexibility index (Phi) is 6.64. The topological polar surface area (TPSA) is 55.4 Å². The average Bonchev–Trinajstić information content (AvgIpc) is 2.56. The van der Waals surface area contributed by atoms with Gasteiger partial charge in [-0.2, -0.15) is 0 Å². The van der Waals surface area contributed by atoms with Gasteiger partial charge < -0.3 is 10.1 Å². The Balaban J connectivity index is 1.73. The first-order valence-electron chi connectivity index (χ1n) is 7.36. The van der Waals surface area contributed by atoms with E-state index < -0.39 is 5.97 Å². The highest BCUT2D eigenvalue weighted by atomic mass is 35.5. The molecule has 24 heavy (non-hydrogen) atoms. The first kappa shape index (κ1) is 18.3. The molecule has 0 unspecified atom stereocenters. The smallest absolute Gasteiger partial charge is 0.310 e. The van der Waals surface area contributed by atoms with Gasteiger partial charge in [0.2, 0.25) is 0 Å². The summed E-state index contributed by atoms with van der Waals surface area (Å²) in [7, 11) is 0. The van der Waals surface area contributed by atoms with Crippen LogP contribution in [-0.4, -0.2) is 18.5 Å². The second-order valence-electron chi connectivity index (χ2n) is 5.35. The van der Waals surface area contributed by atoms with Crippen LogP contribution >= 0.6 is 23.2 Å². The SMILES string of the molecule is Cc1ccc(CNC(=O)COC(=O)Cc2ccc(Cl)c(Cl)c2)cc1. The lowest BCUT2D eigenvalue weighted by atomic mass is 10.1. The van der Waals surface area contributed by atoms with Crippen molar-refractivity contribution in [3.63, 3.8) is 0 Å². The molecule has 2 aromatic rings. The third-order valence-corrected chi connectivity index (χ3v) is 4.05. The molecule has 4 nitrogen and oxygen atoms in total. The molecule has 0 heterocycles. The van der Waals surface area contributed by atoms with Gasteiger partial charge in [0.15, 0.2) is 6.61 Å². The zero-order valence-electron chi connectivity index (χ0n) is 13.1. The molecule has 6 heteroatoms. The third-order valence-electron chi connectivity index (χ3n) is 3.31. The minimum Gasteiger partial charge on any atom is -0.455 e. The van der Waals surface area contributed by atoms with Crippen LogP contribution in [0.3, 0.4) is 0 Å². The van der Waals surface area contributed by atoms with Gasteiger partial charge in [-0.3, -0.25) is 9.59 Å². The minimum atomic E-state index is -0.501. The predicted octanol–water partition coefficient (Wildman–Crippen LogP) is 3.70. The largest absolute Gasteiger partial charge is 0.455 e. The zero-order valence-corrected chi connectivity index (χ0v) is 14.7. The molecule has 0 fully saturated rings. The summed E-state index contributed by atoms with van der Waals surface area (Å²) in [6.07, 6.45) is 0.0299. The van der Waals surface area contributed by atoms with Gasteiger partial charge in [-0.25, -0.2) is 0 Å². The van der Waals surface area contributed by atoms with Crippen molar-refractivity contribution in [3.8, 4) is 0 Å². The van der Waals surface area contributed by atoms with E-state index in [9.17, 15) is 9.59 Å². The van der Waals surface area contributed by atoms with E-state index in [0.29, 0.717) is 22.2 Å². The van der Waals surface area contributed by atoms with Crippen molar-refractivity contribution in [2.45, 2.75) is 19.9 Å². The van der Waals surface area contributed by atoms with Gasteiger partial charge in [0.05, 0.1) is 16.5 Å². The van der Waals surface area contributed by atoms with Crippen molar-refractivity contribution in [2.24, 2.45) is 0 Å². The average molecular weight is 366 g/mol. The summed E-state index contributed by atoms with van der Waals surface area (Å²) in [5.41, 5.74) is 2.81. The van der Waals surface area contributed by atoms with Gasteiger partial charge in [-0.1, -0.05) is 59.1 Å². The number of carbonyl (C=O) groups excluding carboxylic acids is 2. The molecule has 126 valence electrons. The predicted molar refractivity (Wildman–Crippen MR) is 94.2 cm³/mol. The van der Waals surface area contributed by atoms with E-state index in [-0.39, 0.29) is 18.9 Å². The van der Waals surface area contributed by atoms with E-state index >= 15 is 0 Å². The van der Waals surface area contributed by atoms with Crippen LogP contribution in [0, 0.1) is 6.92 Å². The molecule has 0 aliphatic heterocycles. The van der Waals surface area contributed by atoms with Gasteiger partial charge in [0.1, 0.15) is 0 Å². The van der Waals surface area contributed by atoms with E-state index in [1.54, 1.807) is 18.2 Å². The van der Waals surface area contributed by atoms with Crippen molar-refractivity contribution in [1.82, 2.24) is 5.32 Å². The Bertz CT molecular complexity index is 730. The van der Waals surface area contributed by atoms with Crippen LogP contribution < -0.4 is 5.32 Å². The maximum absolute atomic E-state index is 11.7. The third kappa shape index (κ3) is 5.87. The molecule has 1 amide bonds. The van der Waals surface area contributed by atoms with Crippen LogP contribution in [0.25, 0.3) is 0 Å². The van der Waals surface area contributed by atoms with Crippen LogP contribution in [0.15, 0.2) is 42.5 Å². The monoisotopic (exact) mass is 365 g/mol. The van der Waals surface area contributed by atoms with E-state index in [1.807, 2.05) is 31.2 Å². The fraction of sp³-hybridized carbons (Fsp3) is 0.222. The van der Waals surface area contributed by atoms with Crippen LogP contribution in [0.1, 0.15) is 16.7 Å². The minimum absolute atomic E-state index is 0.0299. The lowest BCUT2D eigenvalue weighted by Gasteiger charge is -2.07. The summed E-state index contributed by atoms with van der Waals surface area (Å²) in [6.45, 7) is 2.07. The number of hydrogen-bond acceptors (Lipinski definition) is 3.